The number of alkyl halides is 3. The summed E-state index contributed by atoms with van der Waals surface area (Å²) in [5.41, 5.74) is -0.712. The van der Waals surface area contributed by atoms with Crippen LogP contribution in [0.2, 0.25) is 0 Å². The van der Waals surface area contributed by atoms with Gasteiger partial charge in [0.05, 0.1) is 13.2 Å². The van der Waals surface area contributed by atoms with Crippen molar-refractivity contribution in [3.05, 3.63) is 0 Å². The fraction of sp³-hybridized carbons (Fsp3) is 1.00. The molecule has 0 amide bonds. The molecule has 16 heavy (non-hydrogen) atoms. The van der Waals surface area contributed by atoms with Crippen molar-refractivity contribution in [2.45, 2.75) is 56.7 Å². The minimum atomic E-state index is -4.20. The first-order valence-corrected chi connectivity index (χ1v) is 5.90. The molecule has 0 aromatic carbocycles. The van der Waals surface area contributed by atoms with E-state index < -0.39 is 18.3 Å². The van der Waals surface area contributed by atoms with Gasteiger partial charge in [-0.15, -0.1) is 0 Å². The maximum Gasteiger partial charge on any atom is 0.401 e. The maximum atomic E-state index is 12.2. The zero-order chi connectivity index (χ0) is 12.1. The second kappa shape index (κ2) is 5.87. The van der Waals surface area contributed by atoms with Crippen molar-refractivity contribution in [1.29, 1.82) is 0 Å². The average molecular weight is 239 g/mol. The molecule has 0 atom stereocenters. The van der Waals surface area contributed by atoms with Crippen LogP contribution in [0.5, 0.6) is 0 Å². The summed E-state index contributed by atoms with van der Waals surface area (Å²) in [6, 6.07) is 0. The van der Waals surface area contributed by atoms with E-state index in [1.54, 1.807) is 0 Å². The molecule has 0 unspecified atom stereocenters. The van der Waals surface area contributed by atoms with Gasteiger partial charge < -0.3 is 10.4 Å². The Morgan fingerprint density at radius 3 is 1.94 bits per heavy atom. The fourth-order valence-corrected chi connectivity index (χ4v) is 2.26. The second-order valence-corrected chi connectivity index (χ2v) is 4.67. The Balaban J connectivity index is 2.51. The van der Waals surface area contributed by atoms with Crippen LogP contribution < -0.4 is 5.32 Å². The molecule has 0 saturated heterocycles. The molecule has 1 aliphatic rings. The van der Waals surface area contributed by atoms with E-state index in [4.69, 9.17) is 0 Å². The Kier molecular flexibility index (Phi) is 5.05. The third-order valence-electron chi connectivity index (χ3n) is 3.28. The van der Waals surface area contributed by atoms with Crippen molar-refractivity contribution in [2.75, 3.05) is 13.2 Å². The molecule has 0 aliphatic heterocycles. The molecule has 1 rings (SSSR count). The summed E-state index contributed by atoms with van der Waals surface area (Å²) in [5, 5.41) is 11.8. The molecule has 5 heteroatoms. The summed E-state index contributed by atoms with van der Waals surface area (Å²) in [6.45, 7) is -1.21. The molecule has 0 spiro atoms. The third kappa shape index (κ3) is 4.70. The first kappa shape index (κ1) is 13.8. The molecule has 2 nitrogen and oxygen atoms in total. The lowest BCUT2D eigenvalue weighted by Crippen LogP contribution is -2.52. The van der Waals surface area contributed by atoms with Crippen LogP contribution >= 0.6 is 0 Å². The van der Waals surface area contributed by atoms with E-state index >= 15 is 0 Å². The Hall–Kier alpha value is -0.290. The highest BCUT2D eigenvalue weighted by Gasteiger charge is 2.35. The predicted octanol–water partition coefficient (Wildman–Crippen LogP) is 2.61. The molecular formula is C11H20F3NO. The summed E-state index contributed by atoms with van der Waals surface area (Å²) in [6.07, 6.45) is 2.12. The number of hydrogen-bond acceptors (Lipinski definition) is 2. The summed E-state index contributed by atoms with van der Waals surface area (Å²) >= 11 is 0. The van der Waals surface area contributed by atoms with Gasteiger partial charge in [-0.3, -0.25) is 0 Å². The van der Waals surface area contributed by atoms with Crippen molar-refractivity contribution in [3.8, 4) is 0 Å². The van der Waals surface area contributed by atoms with Crippen LogP contribution in [0, 0.1) is 0 Å². The van der Waals surface area contributed by atoms with Crippen LogP contribution in [-0.2, 0) is 0 Å². The van der Waals surface area contributed by atoms with Gasteiger partial charge >= 0.3 is 6.18 Å². The largest absolute Gasteiger partial charge is 0.401 e. The number of nitrogens with one attached hydrogen (secondary N) is 1. The van der Waals surface area contributed by atoms with E-state index in [0.717, 1.165) is 32.1 Å². The Bertz CT molecular complexity index is 198. The summed E-state index contributed by atoms with van der Waals surface area (Å²) in [7, 11) is 0. The molecule has 1 fully saturated rings. The van der Waals surface area contributed by atoms with Gasteiger partial charge in [0.1, 0.15) is 0 Å². The molecule has 0 aromatic rings. The van der Waals surface area contributed by atoms with E-state index in [0.29, 0.717) is 12.8 Å². The van der Waals surface area contributed by atoms with E-state index in [1.165, 1.54) is 0 Å². The van der Waals surface area contributed by atoms with Crippen molar-refractivity contribution in [1.82, 2.24) is 5.32 Å². The van der Waals surface area contributed by atoms with Crippen LogP contribution in [-0.4, -0.2) is 30.0 Å². The van der Waals surface area contributed by atoms with E-state index in [-0.39, 0.29) is 6.61 Å². The van der Waals surface area contributed by atoms with Crippen LogP contribution in [0.3, 0.4) is 0 Å². The molecule has 96 valence electrons. The molecule has 0 bridgehead atoms. The predicted molar refractivity (Wildman–Crippen MR) is 56.2 cm³/mol. The molecule has 1 saturated carbocycles. The van der Waals surface area contributed by atoms with E-state index in [2.05, 4.69) is 5.32 Å². The monoisotopic (exact) mass is 239 g/mol. The quantitative estimate of drug-likeness (QED) is 0.793. The first-order valence-electron chi connectivity index (χ1n) is 5.90. The zero-order valence-electron chi connectivity index (χ0n) is 9.45. The van der Waals surface area contributed by atoms with Crippen molar-refractivity contribution < 1.29 is 18.3 Å². The standard InChI is InChI=1S/C11H20F3NO/c12-11(13,14)8-15-10(9-16)6-4-2-1-3-5-7-10/h15-16H,1-9H2. The van der Waals surface area contributed by atoms with Crippen LogP contribution in [0.4, 0.5) is 13.2 Å². The van der Waals surface area contributed by atoms with Crippen LogP contribution in [0.25, 0.3) is 0 Å². The van der Waals surface area contributed by atoms with Gasteiger partial charge in [-0.2, -0.15) is 13.2 Å². The number of halogens is 3. The number of hydrogen-bond donors (Lipinski definition) is 2. The van der Waals surface area contributed by atoms with Crippen molar-refractivity contribution >= 4 is 0 Å². The molecule has 2 N–H and O–H groups in total. The number of rotatable bonds is 3. The lowest BCUT2D eigenvalue weighted by Gasteiger charge is -2.35. The van der Waals surface area contributed by atoms with Gasteiger partial charge in [-0.05, 0) is 12.8 Å². The van der Waals surface area contributed by atoms with Crippen LogP contribution in [0.1, 0.15) is 44.9 Å². The molecule has 0 heterocycles. The van der Waals surface area contributed by atoms with E-state index in [1.807, 2.05) is 0 Å². The third-order valence-corrected chi connectivity index (χ3v) is 3.28. The summed E-state index contributed by atoms with van der Waals surface area (Å²) in [5.74, 6) is 0. The Morgan fingerprint density at radius 1 is 1.00 bits per heavy atom. The number of aliphatic hydroxyl groups excluding tert-OH is 1. The van der Waals surface area contributed by atoms with Gasteiger partial charge in [0.15, 0.2) is 0 Å². The normalized spacial score (nSPS) is 22.5. The van der Waals surface area contributed by atoms with Gasteiger partial charge in [-0.1, -0.05) is 32.1 Å². The highest BCUT2D eigenvalue weighted by atomic mass is 19.4. The second-order valence-electron chi connectivity index (χ2n) is 4.67. The highest BCUT2D eigenvalue weighted by Crippen LogP contribution is 2.27. The minimum Gasteiger partial charge on any atom is -0.394 e. The minimum absolute atomic E-state index is 0.205. The van der Waals surface area contributed by atoms with Crippen molar-refractivity contribution in [3.63, 3.8) is 0 Å². The lowest BCUT2D eigenvalue weighted by molar-refractivity contribution is -0.130. The first-order chi connectivity index (χ1) is 7.47. The summed E-state index contributed by atoms with van der Waals surface area (Å²) < 4.78 is 36.5. The van der Waals surface area contributed by atoms with Gasteiger partial charge in [0, 0.05) is 5.54 Å². The summed E-state index contributed by atoms with van der Waals surface area (Å²) in [4.78, 5) is 0. The SMILES string of the molecule is OCC1(NCC(F)(F)F)CCCCCCC1. The number of aliphatic hydroxyl groups is 1. The molecule has 0 radical (unpaired) electrons. The van der Waals surface area contributed by atoms with Gasteiger partial charge in [0.2, 0.25) is 0 Å². The van der Waals surface area contributed by atoms with Crippen LogP contribution in [0.15, 0.2) is 0 Å². The zero-order valence-corrected chi connectivity index (χ0v) is 9.45. The highest BCUT2D eigenvalue weighted by molar-refractivity contribution is 4.89. The topological polar surface area (TPSA) is 32.3 Å². The Labute approximate surface area is 94.2 Å². The van der Waals surface area contributed by atoms with Gasteiger partial charge in [0.25, 0.3) is 0 Å². The van der Waals surface area contributed by atoms with Gasteiger partial charge in [-0.25, -0.2) is 0 Å². The van der Waals surface area contributed by atoms with E-state index in [9.17, 15) is 18.3 Å². The molecule has 0 aromatic heterocycles. The molecular weight excluding hydrogens is 219 g/mol. The smallest absolute Gasteiger partial charge is 0.394 e. The maximum absolute atomic E-state index is 12.2. The van der Waals surface area contributed by atoms with Crippen molar-refractivity contribution in [2.24, 2.45) is 0 Å². The molecule has 1 aliphatic carbocycles. The fourth-order valence-electron chi connectivity index (χ4n) is 2.26. The Morgan fingerprint density at radius 2 is 1.50 bits per heavy atom. The average Bonchev–Trinajstić information content (AvgIpc) is 2.16. The lowest BCUT2D eigenvalue weighted by atomic mass is 9.84.